The van der Waals surface area contributed by atoms with Gasteiger partial charge in [-0.05, 0) is 47.2 Å². The van der Waals surface area contributed by atoms with Crippen molar-refractivity contribution in [1.29, 1.82) is 0 Å². The predicted octanol–water partition coefficient (Wildman–Crippen LogP) is 4.93. The van der Waals surface area contributed by atoms with Crippen LogP contribution in [-0.2, 0) is 21.5 Å². The maximum absolute atomic E-state index is 13.9. The molecule has 0 amide bonds. The molecule has 8 rings (SSSR count). The molecule has 36 heavy (non-hydrogen) atoms. The van der Waals surface area contributed by atoms with Gasteiger partial charge in [-0.3, -0.25) is 9.69 Å². The van der Waals surface area contributed by atoms with Crippen LogP contribution in [0.2, 0.25) is 0 Å². The van der Waals surface area contributed by atoms with E-state index in [2.05, 4.69) is 77.7 Å². The first kappa shape index (κ1) is 21.9. The highest BCUT2D eigenvalue weighted by Crippen LogP contribution is 2.69. The lowest BCUT2D eigenvalue weighted by atomic mass is 9.42. The molecule has 0 spiro atoms. The average molecular weight is 482 g/mol. The molecule has 0 N–H and O–H groups in total. The van der Waals surface area contributed by atoms with Crippen molar-refractivity contribution < 1.29 is 19.0 Å². The highest BCUT2D eigenvalue weighted by molar-refractivity contribution is 5.82. The highest BCUT2D eigenvalue weighted by atomic mass is 16.6. The second kappa shape index (κ2) is 8.10. The van der Waals surface area contributed by atoms with Gasteiger partial charge in [-0.2, -0.15) is 0 Å². The fourth-order valence-electron chi connectivity index (χ4n) is 8.00. The molecule has 5 heteroatoms. The molecule has 3 aromatic carbocycles. The van der Waals surface area contributed by atoms with E-state index in [-0.39, 0.29) is 23.2 Å². The third-order valence-corrected chi connectivity index (χ3v) is 9.28. The monoisotopic (exact) mass is 481 g/mol. The normalized spacial score (nSPS) is 29.9. The van der Waals surface area contributed by atoms with E-state index >= 15 is 0 Å². The van der Waals surface area contributed by atoms with E-state index in [1.54, 1.807) is 7.11 Å². The minimum absolute atomic E-state index is 0.0656. The Morgan fingerprint density at radius 2 is 1.78 bits per heavy atom. The van der Waals surface area contributed by atoms with Gasteiger partial charge in [0.2, 0.25) is 0 Å². The lowest BCUT2D eigenvalue weighted by molar-refractivity contribution is -0.161. The van der Waals surface area contributed by atoms with Gasteiger partial charge >= 0.3 is 5.97 Å². The van der Waals surface area contributed by atoms with E-state index in [0.29, 0.717) is 19.8 Å². The summed E-state index contributed by atoms with van der Waals surface area (Å²) < 4.78 is 17.5. The quantitative estimate of drug-likeness (QED) is 0.495. The van der Waals surface area contributed by atoms with Crippen molar-refractivity contribution in [3.63, 3.8) is 0 Å². The van der Waals surface area contributed by atoms with Crippen LogP contribution < -0.4 is 9.47 Å². The second-order valence-electron chi connectivity index (χ2n) is 10.7. The number of nitrogens with zero attached hydrogens (tertiary/aromatic N) is 1. The maximum atomic E-state index is 13.9. The summed E-state index contributed by atoms with van der Waals surface area (Å²) >= 11 is 0. The molecule has 3 aromatic rings. The number of fused-ring (bicyclic) bond motifs is 2. The van der Waals surface area contributed by atoms with Crippen LogP contribution in [0.4, 0.5) is 0 Å². The molecular weight excluding hydrogens is 450 g/mol. The Balaban J connectivity index is 1.42. The third-order valence-electron chi connectivity index (χ3n) is 9.28. The first-order valence-electron chi connectivity index (χ1n) is 13.0. The van der Waals surface area contributed by atoms with Gasteiger partial charge in [0, 0.05) is 36.9 Å². The Kier molecular flexibility index (Phi) is 4.94. The Hall–Kier alpha value is -3.31. The van der Waals surface area contributed by atoms with E-state index in [9.17, 15) is 4.79 Å². The SMILES string of the molecule is COC(=O)C12CN(Cc3ccccc3)CC1C1(c3ccc4c(c3)OCCO4)CCC2c2ccccc21. The molecule has 184 valence electrons. The Morgan fingerprint density at radius 3 is 2.61 bits per heavy atom. The Labute approximate surface area is 212 Å². The molecular formula is C31H31NO4. The molecule has 4 atom stereocenters. The van der Waals surface area contributed by atoms with Gasteiger partial charge in [0.1, 0.15) is 13.2 Å². The summed E-state index contributed by atoms with van der Waals surface area (Å²) in [6, 6.07) is 25.8. The highest BCUT2D eigenvalue weighted by Gasteiger charge is 2.70. The van der Waals surface area contributed by atoms with Crippen molar-refractivity contribution in [2.24, 2.45) is 11.3 Å². The fourth-order valence-corrected chi connectivity index (χ4v) is 8.00. The van der Waals surface area contributed by atoms with Gasteiger partial charge in [0.15, 0.2) is 11.5 Å². The Morgan fingerprint density at radius 1 is 1.00 bits per heavy atom. The first-order valence-corrected chi connectivity index (χ1v) is 13.0. The summed E-state index contributed by atoms with van der Waals surface area (Å²) in [4.78, 5) is 16.4. The summed E-state index contributed by atoms with van der Waals surface area (Å²) in [5.74, 6) is 1.81. The van der Waals surface area contributed by atoms with Gasteiger partial charge < -0.3 is 14.2 Å². The van der Waals surface area contributed by atoms with Crippen LogP contribution in [0.1, 0.15) is 41.0 Å². The molecule has 5 aliphatic rings. The van der Waals surface area contributed by atoms with Crippen LogP contribution in [0.15, 0.2) is 72.8 Å². The van der Waals surface area contributed by atoms with Gasteiger partial charge in [-0.25, -0.2) is 0 Å². The van der Waals surface area contributed by atoms with Crippen LogP contribution in [0.5, 0.6) is 11.5 Å². The average Bonchev–Trinajstić information content (AvgIpc) is 3.35. The van der Waals surface area contributed by atoms with E-state index in [4.69, 9.17) is 14.2 Å². The number of hydrogen-bond acceptors (Lipinski definition) is 5. The van der Waals surface area contributed by atoms with Crippen molar-refractivity contribution in [2.75, 3.05) is 33.4 Å². The van der Waals surface area contributed by atoms with Gasteiger partial charge in [-0.15, -0.1) is 0 Å². The number of benzene rings is 3. The first-order chi connectivity index (χ1) is 17.7. The minimum atomic E-state index is -0.580. The van der Waals surface area contributed by atoms with E-state index in [1.807, 2.05) is 0 Å². The smallest absolute Gasteiger partial charge is 0.314 e. The largest absolute Gasteiger partial charge is 0.486 e. The topological polar surface area (TPSA) is 48.0 Å². The zero-order chi connectivity index (χ0) is 24.3. The predicted molar refractivity (Wildman–Crippen MR) is 136 cm³/mol. The van der Waals surface area contributed by atoms with Crippen molar-refractivity contribution in [3.05, 3.63) is 95.1 Å². The lowest BCUT2D eigenvalue weighted by Crippen LogP contribution is -2.60. The number of hydrogen-bond donors (Lipinski definition) is 0. The number of ether oxygens (including phenoxy) is 3. The van der Waals surface area contributed by atoms with Crippen molar-refractivity contribution >= 4 is 5.97 Å². The molecule has 4 unspecified atom stereocenters. The number of rotatable bonds is 4. The summed E-state index contributed by atoms with van der Waals surface area (Å²) in [5, 5.41) is 0. The third kappa shape index (κ3) is 2.89. The Bertz CT molecular complexity index is 1320. The molecule has 2 bridgehead atoms. The molecule has 0 aromatic heterocycles. The number of carbonyl (C=O) groups is 1. The van der Waals surface area contributed by atoms with E-state index < -0.39 is 5.41 Å². The van der Waals surface area contributed by atoms with Gasteiger partial charge in [0.05, 0.1) is 12.5 Å². The number of likely N-dealkylation sites (tertiary alicyclic amines) is 1. The number of esters is 1. The van der Waals surface area contributed by atoms with Crippen LogP contribution in [0.25, 0.3) is 0 Å². The molecule has 1 saturated carbocycles. The molecule has 2 heterocycles. The molecule has 2 fully saturated rings. The van der Waals surface area contributed by atoms with Gasteiger partial charge in [-0.1, -0.05) is 60.7 Å². The number of carbonyl (C=O) groups excluding carboxylic acids is 1. The molecule has 5 nitrogen and oxygen atoms in total. The number of methoxy groups -OCH3 is 1. The van der Waals surface area contributed by atoms with Crippen molar-refractivity contribution in [3.8, 4) is 11.5 Å². The van der Waals surface area contributed by atoms with Crippen molar-refractivity contribution in [1.82, 2.24) is 4.90 Å². The van der Waals surface area contributed by atoms with Crippen LogP contribution in [0.3, 0.4) is 0 Å². The summed E-state index contributed by atoms with van der Waals surface area (Å²) in [5.41, 5.74) is 4.29. The van der Waals surface area contributed by atoms with E-state index in [0.717, 1.165) is 37.4 Å². The minimum Gasteiger partial charge on any atom is -0.486 e. The van der Waals surface area contributed by atoms with Crippen molar-refractivity contribution in [2.45, 2.75) is 30.7 Å². The summed E-state index contributed by atoms with van der Waals surface area (Å²) in [7, 11) is 1.55. The summed E-state index contributed by atoms with van der Waals surface area (Å²) in [6.45, 7) is 3.52. The fraction of sp³-hybridized carbons (Fsp3) is 0.387. The van der Waals surface area contributed by atoms with Crippen LogP contribution >= 0.6 is 0 Å². The summed E-state index contributed by atoms with van der Waals surface area (Å²) in [6.07, 6.45) is 1.98. The van der Waals surface area contributed by atoms with Gasteiger partial charge in [0.25, 0.3) is 0 Å². The van der Waals surface area contributed by atoms with Crippen LogP contribution in [-0.4, -0.2) is 44.3 Å². The zero-order valence-electron chi connectivity index (χ0n) is 20.6. The standard InChI is InChI=1S/C31H31NO4/c1-34-29(33)31-20-32(18-21-7-3-2-4-8-21)19-28(31)30(14-13-25(31)23-9-5-6-10-24(23)30)22-11-12-26-27(17-22)36-16-15-35-26/h2-12,17,25,28H,13-16,18-20H2,1H3. The molecule has 2 aliphatic heterocycles. The van der Waals surface area contributed by atoms with E-state index in [1.165, 1.54) is 22.3 Å². The lowest BCUT2D eigenvalue weighted by Gasteiger charge is -2.59. The van der Waals surface area contributed by atoms with Crippen LogP contribution in [0, 0.1) is 11.3 Å². The zero-order valence-corrected chi connectivity index (χ0v) is 20.6. The molecule has 0 radical (unpaired) electrons. The second-order valence-corrected chi connectivity index (χ2v) is 10.7. The molecule has 3 aliphatic carbocycles. The maximum Gasteiger partial charge on any atom is 0.314 e. The molecule has 1 saturated heterocycles.